The molecular formula is C66H49N. The summed E-state index contributed by atoms with van der Waals surface area (Å²) in [6.45, 7) is 4.76. The van der Waals surface area contributed by atoms with Crippen LogP contribution in [0.5, 0.6) is 0 Å². The van der Waals surface area contributed by atoms with Gasteiger partial charge in [0, 0.05) is 27.8 Å². The maximum atomic E-state index is 2.53. The molecule has 0 bridgehead atoms. The molecule has 0 amide bonds. The number of hydrogen-bond donors (Lipinski definition) is 0. The molecule has 0 radical (unpaired) electrons. The normalized spacial score (nSPS) is 15.7. The summed E-state index contributed by atoms with van der Waals surface area (Å²) in [4.78, 5) is 2.51. The Morgan fingerprint density at radius 3 is 1.61 bits per heavy atom. The van der Waals surface area contributed by atoms with E-state index in [1.54, 1.807) is 0 Å². The fourth-order valence-electron chi connectivity index (χ4n) is 12.3. The van der Waals surface area contributed by atoms with Crippen LogP contribution in [0.1, 0.15) is 53.6 Å². The molecule has 0 saturated carbocycles. The van der Waals surface area contributed by atoms with Gasteiger partial charge in [-0.2, -0.15) is 0 Å². The first-order chi connectivity index (χ1) is 33.0. The molecule has 0 N–H and O–H groups in total. The zero-order valence-corrected chi connectivity index (χ0v) is 37.9. The highest BCUT2D eigenvalue weighted by molar-refractivity contribution is 5.95. The second kappa shape index (κ2) is 15.3. The SMILES string of the molecule is CC1(C)c2ccccc2-c2cccc(-c3ccc(N(c4ccc5c(c4)C4(CCc6ccccc64)c4ccccc4-5)c4ccccc4-c4ccc(-c5ccccc5)c(-c5ccccc5)c4)cc3)c21. The number of anilines is 3. The molecule has 1 unspecified atom stereocenters. The number of fused-ring (bicyclic) bond motifs is 10. The van der Waals surface area contributed by atoms with Crippen molar-refractivity contribution in [3.63, 3.8) is 0 Å². The van der Waals surface area contributed by atoms with Crippen LogP contribution < -0.4 is 4.90 Å². The minimum Gasteiger partial charge on any atom is -0.310 e. The van der Waals surface area contributed by atoms with E-state index >= 15 is 0 Å². The molecule has 1 spiro atoms. The van der Waals surface area contributed by atoms with Crippen molar-refractivity contribution in [3.05, 3.63) is 270 Å². The predicted molar refractivity (Wildman–Crippen MR) is 281 cm³/mol. The lowest BCUT2D eigenvalue weighted by molar-refractivity contribution is 0.626. The van der Waals surface area contributed by atoms with Crippen LogP contribution in [-0.4, -0.2) is 0 Å². The lowest BCUT2D eigenvalue weighted by Crippen LogP contribution is -2.24. The zero-order valence-electron chi connectivity index (χ0n) is 37.9. The monoisotopic (exact) mass is 855 g/mol. The summed E-state index contributed by atoms with van der Waals surface area (Å²) in [6.07, 6.45) is 2.12. The number of para-hydroxylation sites is 1. The van der Waals surface area contributed by atoms with Gasteiger partial charge in [0.05, 0.1) is 5.69 Å². The van der Waals surface area contributed by atoms with E-state index in [1.807, 2.05) is 0 Å². The molecule has 0 saturated heterocycles. The summed E-state index contributed by atoms with van der Waals surface area (Å²) in [6, 6.07) is 88.4. The van der Waals surface area contributed by atoms with Gasteiger partial charge in [0.15, 0.2) is 0 Å². The molecule has 0 aromatic heterocycles. The first-order valence-electron chi connectivity index (χ1n) is 23.8. The number of rotatable bonds is 7. The summed E-state index contributed by atoms with van der Waals surface area (Å²) in [7, 11) is 0. The van der Waals surface area contributed by atoms with Crippen molar-refractivity contribution in [2.45, 2.75) is 37.5 Å². The lowest BCUT2D eigenvalue weighted by atomic mass is 9.73. The van der Waals surface area contributed by atoms with E-state index in [2.05, 4.69) is 255 Å². The van der Waals surface area contributed by atoms with Crippen molar-refractivity contribution in [1.82, 2.24) is 0 Å². The molecule has 318 valence electrons. The van der Waals surface area contributed by atoms with E-state index in [4.69, 9.17) is 0 Å². The molecule has 13 rings (SSSR count). The van der Waals surface area contributed by atoms with Crippen LogP contribution in [0.2, 0.25) is 0 Å². The van der Waals surface area contributed by atoms with Gasteiger partial charge in [-0.1, -0.05) is 214 Å². The second-order valence-corrected chi connectivity index (χ2v) is 19.1. The van der Waals surface area contributed by atoms with Crippen LogP contribution in [0.25, 0.3) is 66.8 Å². The number of nitrogens with zero attached hydrogens (tertiary/aromatic N) is 1. The minimum atomic E-state index is -0.205. The van der Waals surface area contributed by atoms with Gasteiger partial charge in [-0.15, -0.1) is 0 Å². The molecule has 3 aliphatic carbocycles. The molecule has 0 aliphatic heterocycles. The smallest absolute Gasteiger partial charge is 0.0540 e. The van der Waals surface area contributed by atoms with Gasteiger partial charge in [0.25, 0.3) is 0 Å². The maximum absolute atomic E-state index is 2.53. The van der Waals surface area contributed by atoms with E-state index in [9.17, 15) is 0 Å². The van der Waals surface area contributed by atoms with E-state index in [1.165, 1.54) is 100 Å². The van der Waals surface area contributed by atoms with Crippen molar-refractivity contribution in [3.8, 4) is 66.8 Å². The molecule has 0 heterocycles. The molecule has 0 fully saturated rings. The Kier molecular flexibility index (Phi) is 8.99. The maximum Gasteiger partial charge on any atom is 0.0540 e. The van der Waals surface area contributed by atoms with Crippen LogP contribution in [0.3, 0.4) is 0 Å². The Morgan fingerprint density at radius 1 is 0.328 bits per heavy atom. The summed E-state index contributed by atoms with van der Waals surface area (Å²) >= 11 is 0. The van der Waals surface area contributed by atoms with Gasteiger partial charge < -0.3 is 4.90 Å². The van der Waals surface area contributed by atoms with Crippen LogP contribution in [0, 0.1) is 0 Å². The first-order valence-corrected chi connectivity index (χ1v) is 23.8. The average molecular weight is 856 g/mol. The molecule has 67 heavy (non-hydrogen) atoms. The van der Waals surface area contributed by atoms with Gasteiger partial charge in [-0.25, -0.2) is 0 Å². The molecular weight excluding hydrogens is 807 g/mol. The third-order valence-corrected chi connectivity index (χ3v) is 15.3. The summed E-state index contributed by atoms with van der Waals surface area (Å²) in [5, 5.41) is 0. The Hall–Kier alpha value is -8.00. The van der Waals surface area contributed by atoms with Gasteiger partial charge in [-0.05, 0) is 144 Å². The van der Waals surface area contributed by atoms with Crippen molar-refractivity contribution in [2.24, 2.45) is 0 Å². The molecule has 10 aromatic rings. The summed E-state index contributed by atoms with van der Waals surface area (Å²) in [5.41, 5.74) is 26.7. The standard InChI is InChI=1S/C66H49N/c1-65(2)60-29-14-10-25-55(60)57-27-17-26-53(64(57)65)46-32-35-49(36-33-46)67(50-37-39-56-54-24-11-15-30-61(54)66(62(56)43-50)41-40-47-22-9-13-28-59(47)66)63-31-16-12-23-52(63)48-34-38-51(44-18-5-3-6-19-44)58(42-48)45-20-7-4-8-21-45/h3-39,42-43H,40-41H2,1-2H3. The van der Waals surface area contributed by atoms with Crippen LogP contribution >= 0.6 is 0 Å². The van der Waals surface area contributed by atoms with E-state index in [-0.39, 0.29) is 10.8 Å². The first kappa shape index (κ1) is 39.4. The van der Waals surface area contributed by atoms with Crippen molar-refractivity contribution < 1.29 is 0 Å². The fraction of sp³-hybridized carbons (Fsp3) is 0.0909. The van der Waals surface area contributed by atoms with Crippen LogP contribution in [0.4, 0.5) is 17.1 Å². The highest BCUT2D eigenvalue weighted by Crippen LogP contribution is 2.60. The largest absolute Gasteiger partial charge is 0.310 e. The van der Waals surface area contributed by atoms with Crippen molar-refractivity contribution in [1.29, 1.82) is 0 Å². The van der Waals surface area contributed by atoms with E-state index in [0.717, 1.165) is 29.9 Å². The Balaban J connectivity index is 1.01. The van der Waals surface area contributed by atoms with Crippen molar-refractivity contribution >= 4 is 17.1 Å². The fourth-order valence-corrected chi connectivity index (χ4v) is 12.3. The molecule has 10 aromatic carbocycles. The lowest BCUT2D eigenvalue weighted by Gasteiger charge is -2.32. The molecule has 1 heteroatoms. The zero-order chi connectivity index (χ0) is 44.7. The van der Waals surface area contributed by atoms with Crippen LogP contribution in [-0.2, 0) is 17.3 Å². The quantitative estimate of drug-likeness (QED) is 0.154. The topological polar surface area (TPSA) is 3.24 Å². The number of benzene rings is 10. The highest BCUT2D eigenvalue weighted by atomic mass is 15.1. The second-order valence-electron chi connectivity index (χ2n) is 19.1. The van der Waals surface area contributed by atoms with Gasteiger partial charge in [0.1, 0.15) is 0 Å². The van der Waals surface area contributed by atoms with E-state index in [0.29, 0.717) is 0 Å². The Labute approximate surface area is 394 Å². The van der Waals surface area contributed by atoms with E-state index < -0.39 is 0 Å². The Bertz CT molecular complexity index is 3540. The number of aryl methyl sites for hydroxylation is 1. The Morgan fingerprint density at radius 2 is 0.851 bits per heavy atom. The van der Waals surface area contributed by atoms with Gasteiger partial charge in [-0.3, -0.25) is 0 Å². The van der Waals surface area contributed by atoms with Gasteiger partial charge in [0.2, 0.25) is 0 Å². The third kappa shape index (κ3) is 6.01. The van der Waals surface area contributed by atoms with Crippen LogP contribution in [0.15, 0.2) is 237 Å². The predicted octanol–water partition coefficient (Wildman–Crippen LogP) is 17.4. The summed E-state index contributed by atoms with van der Waals surface area (Å²) in [5.74, 6) is 0. The third-order valence-electron chi connectivity index (χ3n) is 15.3. The van der Waals surface area contributed by atoms with Crippen molar-refractivity contribution in [2.75, 3.05) is 4.90 Å². The minimum absolute atomic E-state index is 0.113. The molecule has 1 atom stereocenters. The van der Waals surface area contributed by atoms with Gasteiger partial charge >= 0.3 is 0 Å². The number of hydrogen-bond acceptors (Lipinski definition) is 1. The average Bonchev–Trinajstić information content (AvgIpc) is 4.00. The molecule has 1 nitrogen and oxygen atoms in total. The highest BCUT2D eigenvalue weighted by Gasteiger charge is 2.48. The molecule has 3 aliphatic rings. The summed E-state index contributed by atoms with van der Waals surface area (Å²) < 4.78 is 0.